The normalized spacial score (nSPS) is 10.7. The van der Waals surface area contributed by atoms with E-state index in [4.69, 9.17) is 4.74 Å². The van der Waals surface area contributed by atoms with Crippen LogP contribution < -0.4 is 4.74 Å². The average molecular weight is 482 g/mol. The second-order valence-electron chi connectivity index (χ2n) is 8.49. The van der Waals surface area contributed by atoms with Gasteiger partial charge in [-0.05, 0) is 55.3 Å². The Morgan fingerprint density at radius 1 is 0.800 bits per heavy atom. The minimum atomic E-state index is 0.0161. The van der Waals surface area contributed by atoms with E-state index in [-0.39, 0.29) is 5.91 Å². The Bertz CT molecular complexity index is 1180. The van der Waals surface area contributed by atoms with Gasteiger partial charge in [-0.25, -0.2) is 0 Å². The fourth-order valence-electron chi connectivity index (χ4n) is 3.91. The van der Waals surface area contributed by atoms with Crippen LogP contribution in [-0.4, -0.2) is 17.4 Å². The number of amides is 1. The van der Waals surface area contributed by atoms with Crippen LogP contribution in [-0.2, 0) is 18.8 Å². The van der Waals surface area contributed by atoms with Crippen LogP contribution >= 0.6 is 11.8 Å². The monoisotopic (exact) mass is 481 g/mol. The lowest BCUT2D eigenvalue weighted by molar-refractivity contribution is 0.0730. The zero-order valence-corrected chi connectivity index (χ0v) is 21.1. The number of nitrogens with zero attached hydrogens (tertiary/aromatic N) is 1. The van der Waals surface area contributed by atoms with Gasteiger partial charge in [-0.2, -0.15) is 0 Å². The lowest BCUT2D eigenvalue weighted by atomic mass is 10.1. The number of thioether (sulfide) groups is 1. The number of hydrogen-bond donors (Lipinski definition) is 0. The molecule has 4 aromatic rings. The predicted molar refractivity (Wildman–Crippen MR) is 145 cm³/mol. The molecule has 1 amide bonds. The summed E-state index contributed by atoms with van der Waals surface area (Å²) >= 11 is 1.75. The molecule has 0 saturated heterocycles. The van der Waals surface area contributed by atoms with Gasteiger partial charge < -0.3 is 9.64 Å². The minimum absolute atomic E-state index is 0.0161. The highest BCUT2D eigenvalue weighted by Crippen LogP contribution is 2.30. The quantitative estimate of drug-likeness (QED) is 0.219. The summed E-state index contributed by atoms with van der Waals surface area (Å²) in [5.41, 5.74) is 5.17. The van der Waals surface area contributed by atoms with Gasteiger partial charge in [0.2, 0.25) is 0 Å². The number of carbonyl (C=O) groups excluding carboxylic acids is 1. The molecule has 0 bridgehead atoms. The molecular formula is C31H31NO2S. The number of aryl methyl sites for hydroxylation is 1. The maximum absolute atomic E-state index is 13.8. The molecule has 0 unspecified atom stereocenters. The van der Waals surface area contributed by atoms with Crippen LogP contribution in [0.3, 0.4) is 0 Å². The first-order chi connectivity index (χ1) is 17.1. The molecule has 0 spiro atoms. The summed E-state index contributed by atoms with van der Waals surface area (Å²) in [6.07, 6.45) is 0. The Hall–Kier alpha value is -3.50. The lowest BCUT2D eigenvalue weighted by Crippen LogP contribution is -2.30. The summed E-state index contributed by atoms with van der Waals surface area (Å²) in [4.78, 5) is 16.9. The van der Waals surface area contributed by atoms with Gasteiger partial charge in [0.15, 0.2) is 0 Å². The number of benzene rings is 4. The number of carbonyl (C=O) groups is 1. The van der Waals surface area contributed by atoms with Crippen molar-refractivity contribution in [3.05, 3.63) is 131 Å². The first kappa shape index (κ1) is 24.6. The molecule has 0 aliphatic heterocycles. The van der Waals surface area contributed by atoms with Crippen molar-refractivity contribution < 1.29 is 9.53 Å². The molecule has 0 aliphatic rings. The van der Waals surface area contributed by atoms with Gasteiger partial charge in [0.1, 0.15) is 5.75 Å². The van der Waals surface area contributed by atoms with Gasteiger partial charge in [-0.1, -0.05) is 78.4 Å². The van der Waals surface area contributed by atoms with E-state index >= 15 is 0 Å². The third kappa shape index (κ3) is 7.00. The van der Waals surface area contributed by atoms with E-state index in [2.05, 4.69) is 55.5 Å². The molecule has 0 N–H and O–H groups in total. The molecule has 0 atom stereocenters. The Labute approximate surface area is 212 Å². The average Bonchev–Trinajstić information content (AvgIpc) is 2.89. The first-order valence-electron chi connectivity index (χ1n) is 11.9. The molecule has 35 heavy (non-hydrogen) atoms. The van der Waals surface area contributed by atoms with Crippen molar-refractivity contribution in [1.82, 2.24) is 4.90 Å². The Balaban J connectivity index is 1.59. The standard InChI is InChI=1S/C31H31NO2S/c1-3-34-30-19-16-27(20-28(30)23-35-29-17-14-24(2)15-18-29)31(33)32(21-25-10-6-4-7-11-25)22-26-12-8-5-9-13-26/h4-20H,3,21-23H2,1-2H3. The molecule has 0 saturated carbocycles. The van der Waals surface area contributed by atoms with Gasteiger partial charge in [0.05, 0.1) is 6.61 Å². The van der Waals surface area contributed by atoms with Crippen LogP contribution in [0.1, 0.15) is 39.5 Å². The second kappa shape index (κ2) is 12.3. The smallest absolute Gasteiger partial charge is 0.254 e. The topological polar surface area (TPSA) is 29.5 Å². The van der Waals surface area contributed by atoms with Crippen molar-refractivity contribution in [2.75, 3.05) is 6.61 Å². The molecule has 0 fully saturated rings. The highest BCUT2D eigenvalue weighted by molar-refractivity contribution is 7.98. The summed E-state index contributed by atoms with van der Waals surface area (Å²) < 4.78 is 5.89. The van der Waals surface area contributed by atoms with Crippen molar-refractivity contribution in [1.29, 1.82) is 0 Å². The molecule has 0 heterocycles. The highest BCUT2D eigenvalue weighted by Gasteiger charge is 2.19. The Morgan fingerprint density at radius 2 is 1.40 bits per heavy atom. The summed E-state index contributed by atoms with van der Waals surface area (Å²) in [7, 11) is 0. The lowest BCUT2D eigenvalue weighted by Gasteiger charge is -2.24. The zero-order valence-electron chi connectivity index (χ0n) is 20.3. The second-order valence-corrected chi connectivity index (χ2v) is 9.54. The van der Waals surface area contributed by atoms with Crippen LogP contribution in [0.25, 0.3) is 0 Å². The van der Waals surface area contributed by atoms with Gasteiger partial charge in [0, 0.05) is 34.9 Å². The molecule has 4 aromatic carbocycles. The number of ether oxygens (including phenoxy) is 1. The van der Waals surface area contributed by atoms with Crippen molar-refractivity contribution in [2.24, 2.45) is 0 Å². The van der Waals surface area contributed by atoms with E-state index < -0.39 is 0 Å². The highest BCUT2D eigenvalue weighted by atomic mass is 32.2. The van der Waals surface area contributed by atoms with Crippen LogP contribution in [0.5, 0.6) is 5.75 Å². The van der Waals surface area contributed by atoms with Gasteiger partial charge in [-0.3, -0.25) is 4.79 Å². The molecular weight excluding hydrogens is 450 g/mol. The molecule has 178 valence electrons. The van der Waals surface area contributed by atoms with Crippen molar-refractivity contribution in [3.63, 3.8) is 0 Å². The largest absolute Gasteiger partial charge is 0.494 e. The van der Waals surface area contributed by atoms with E-state index in [1.165, 1.54) is 10.5 Å². The van der Waals surface area contributed by atoms with Gasteiger partial charge in [-0.15, -0.1) is 11.8 Å². The van der Waals surface area contributed by atoms with Crippen LogP contribution in [0.2, 0.25) is 0 Å². The SMILES string of the molecule is CCOc1ccc(C(=O)N(Cc2ccccc2)Cc2ccccc2)cc1CSc1ccc(C)cc1. The minimum Gasteiger partial charge on any atom is -0.494 e. The molecule has 3 nitrogen and oxygen atoms in total. The number of rotatable bonds is 10. The summed E-state index contributed by atoms with van der Waals surface area (Å²) in [5.74, 6) is 1.58. The molecule has 0 aliphatic carbocycles. The van der Waals surface area contributed by atoms with Crippen molar-refractivity contribution in [3.8, 4) is 5.75 Å². The van der Waals surface area contributed by atoms with E-state index in [1.54, 1.807) is 11.8 Å². The Morgan fingerprint density at radius 3 is 1.97 bits per heavy atom. The van der Waals surface area contributed by atoms with E-state index in [0.717, 1.165) is 28.2 Å². The maximum Gasteiger partial charge on any atom is 0.254 e. The fraction of sp³-hybridized carbons (Fsp3) is 0.194. The van der Waals surface area contributed by atoms with E-state index in [0.29, 0.717) is 25.3 Å². The van der Waals surface area contributed by atoms with Crippen LogP contribution in [0.15, 0.2) is 108 Å². The van der Waals surface area contributed by atoms with Crippen LogP contribution in [0, 0.1) is 6.92 Å². The van der Waals surface area contributed by atoms with Gasteiger partial charge in [0.25, 0.3) is 5.91 Å². The summed E-state index contributed by atoms with van der Waals surface area (Å²) in [6, 6.07) is 34.6. The third-order valence-corrected chi connectivity index (χ3v) is 6.80. The van der Waals surface area contributed by atoms with E-state index in [9.17, 15) is 4.79 Å². The summed E-state index contributed by atoms with van der Waals surface area (Å²) in [5, 5.41) is 0. The predicted octanol–water partition coefficient (Wildman–Crippen LogP) is 7.53. The molecule has 4 heteroatoms. The summed E-state index contributed by atoms with van der Waals surface area (Å²) in [6.45, 7) is 5.76. The fourth-order valence-corrected chi connectivity index (χ4v) is 4.78. The van der Waals surface area contributed by atoms with E-state index in [1.807, 2.05) is 66.4 Å². The third-order valence-electron chi connectivity index (χ3n) is 5.74. The van der Waals surface area contributed by atoms with Crippen LogP contribution in [0.4, 0.5) is 0 Å². The maximum atomic E-state index is 13.8. The number of hydrogen-bond acceptors (Lipinski definition) is 3. The molecule has 4 rings (SSSR count). The molecule has 0 radical (unpaired) electrons. The Kier molecular flexibility index (Phi) is 8.63. The first-order valence-corrected chi connectivity index (χ1v) is 12.9. The zero-order chi connectivity index (χ0) is 24.5. The van der Waals surface area contributed by atoms with Gasteiger partial charge >= 0.3 is 0 Å². The van der Waals surface area contributed by atoms with Crippen molar-refractivity contribution >= 4 is 17.7 Å². The van der Waals surface area contributed by atoms with Crippen molar-refractivity contribution in [2.45, 2.75) is 37.6 Å². The molecule has 0 aromatic heterocycles.